The Balaban J connectivity index is 1.35. The number of para-hydroxylation sites is 1. The van der Waals surface area contributed by atoms with Crippen molar-refractivity contribution in [2.45, 2.75) is 13.0 Å². The van der Waals surface area contributed by atoms with E-state index in [4.69, 9.17) is 4.74 Å². The van der Waals surface area contributed by atoms with Gasteiger partial charge in [-0.05, 0) is 19.1 Å². The number of hydrogen-bond acceptors (Lipinski definition) is 8. The molecule has 0 spiro atoms. The number of β-amino-alcohol motifs (C(OH)–C–C–N with tert-alkyl or cyclic N) is 1. The van der Waals surface area contributed by atoms with E-state index in [9.17, 15) is 15.2 Å². The summed E-state index contributed by atoms with van der Waals surface area (Å²) in [7, 11) is 0. The molecular formula is C24H27N5O4. The summed E-state index contributed by atoms with van der Waals surface area (Å²) in [5.41, 5.74) is 1.44. The Hall–Kier alpha value is -3.56. The molecule has 1 aromatic heterocycles. The normalized spacial score (nSPS) is 15.3. The van der Waals surface area contributed by atoms with Crippen LogP contribution in [0.15, 0.2) is 60.7 Å². The molecule has 9 heteroatoms. The average molecular weight is 450 g/mol. The highest BCUT2D eigenvalue weighted by molar-refractivity contribution is 5.61. The van der Waals surface area contributed by atoms with E-state index in [1.807, 2.05) is 43.3 Å². The van der Waals surface area contributed by atoms with Gasteiger partial charge < -0.3 is 14.7 Å². The standard InChI is InChI=1S/C24H27N5O4/c1-18-14-23(26-24(25-18)19-6-5-7-20(15-19)29(31)32)28-12-10-27(11-13-28)16-21(30)17-33-22-8-3-2-4-9-22/h2-9,14-15,21,30H,10-13,16-17H2,1H3. The molecule has 1 N–H and O–H groups in total. The first-order valence-electron chi connectivity index (χ1n) is 10.9. The predicted molar refractivity (Wildman–Crippen MR) is 125 cm³/mol. The van der Waals surface area contributed by atoms with E-state index < -0.39 is 11.0 Å². The van der Waals surface area contributed by atoms with Gasteiger partial charge in [0, 0.05) is 62.2 Å². The average Bonchev–Trinajstić information content (AvgIpc) is 2.83. The van der Waals surface area contributed by atoms with Gasteiger partial charge in [0.2, 0.25) is 0 Å². The van der Waals surface area contributed by atoms with Crippen LogP contribution in [0.5, 0.6) is 5.75 Å². The number of nitro groups is 1. The molecule has 33 heavy (non-hydrogen) atoms. The fourth-order valence-corrected chi connectivity index (χ4v) is 3.82. The summed E-state index contributed by atoms with van der Waals surface area (Å²) in [6.45, 7) is 5.79. The number of aliphatic hydroxyl groups excluding tert-OH is 1. The lowest BCUT2D eigenvalue weighted by molar-refractivity contribution is -0.384. The summed E-state index contributed by atoms with van der Waals surface area (Å²) >= 11 is 0. The fraction of sp³-hybridized carbons (Fsp3) is 0.333. The van der Waals surface area contributed by atoms with Crippen LogP contribution in [0.25, 0.3) is 11.4 Å². The molecule has 2 heterocycles. The Morgan fingerprint density at radius 1 is 1.06 bits per heavy atom. The number of aryl methyl sites for hydroxylation is 1. The van der Waals surface area contributed by atoms with Crippen LogP contribution in [-0.4, -0.2) is 70.3 Å². The van der Waals surface area contributed by atoms with E-state index in [1.165, 1.54) is 12.1 Å². The molecule has 3 aromatic rings. The number of rotatable bonds is 8. The highest BCUT2D eigenvalue weighted by atomic mass is 16.6. The lowest BCUT2D eigenvalue weighted by Crippen LogP contribution is -2.49. The van der Waals surface area contributed by atoms with Gasteiger partial charge in [-0.2, -0.15) is 0 Å². The van der Waals surface area contributed by atoms with Crippen LogP contribution in [0.3, 0.4) is 0 Å². The molecule has 0 bridgehead atoms. The first-order chi connectivity index (χ1) is 16.0. The Labute approximate surface area is 192 Å². The van der Waals surface area contributed by atoms with Crippen molar-refractivity contribution in [2.24, 2.45) is 0 Å². The van der Waals surface area contributed by atoms with Gasteiger partial charge in [-0.25, -0.2) is 9.97 Å². The monoisotopic (exact) mass is 449 g/mol. The molecule has 1 atom stereocenters. The number of non-ortho nitro benzene ring substituents is 1. The van der Waals surface area contributed by atoms with Crippen molar-refractivity contribution in [3.63, 3.8) is 0 Å². The second-order valence-corrected chi connectivity index (χ2v) is 8.06. The molecule has 0 saturated carbocycles. The van der Waals surface area contributed by atoms with Crippen LogP contribution in [0, 0.1) is 17.0 Å². The number of ether oxygens (including phenoxy) is 1. The minimum Gasteiger partial charge on any atom is -0.491 e. The maximum Gasteiger partial charge on any atom is 0.270 e. The van der Waals surface area contributed by atoms with Gasteiger partial charge in [0.15, 0.2) is 5.82 Å². The summed E-state index contributed by atoms with van der Waals surface area (Å²) in [6, 6.07) is 17.8. The van der Waals surface area contributed by atoms with E-state index in [1.54, 1.807) is 12.1 Å². The van der Waals surface area contributed by atoms with Gasteiger partial charge in [0.05, 0.1) is 4.92 Å². The van der Waals surface area contributed by atoms with Crippen molar-refractivity contribution < 1.29 is 14.8 Å². The summed E-state index contributed by atoms with van der Waals surface area (Å²) < 4.78 is 5.65. The summed E-state index contributed by atoms with van der Waals surface area (Å²) in [4.78, 5) is 24.2. The number of hydrogen-bond donors (Lipinski definition) is 1. The summed E-state index contributed by atoms with van der Waals surface area (Å²) in [6.07, 6.45) is -0.571. The zero-order valence-electron chi connectivity index (χ0n) is 18.5. The van der Waals surface area contributed by atoms with Crippen molar-refractivity contribution in [3.8, 4) is 17.1 Å². The molecule has 1 aliphatic rings. The molecule has 1 saturated heterocycles. The Kier molecular flexibility index (Phi) is 7.11. The lowest BCUT2D eigenvalue weighted by atomic mass is 10.2. The zero-order chi connectivity index (χ0) is 23.2. The molecule has 1 aliphatic heterocycles. The smallest absolute Gasteiger partial charge is 0.270 e. The van der Waals surface area contributed by atoms with E-state index in [2.05, 4.69) is 19.8 Å². The fourth-order valence-electron chi connectivity index (χ4n) is 3.82. The van der Waals surface area contributed by atoms with E-state index in [-0.39, 0.29) is 12.3 Å². The van der Waals surface area contributed by atoms with Crippen molar-refractivity contribution in [2.75, 3.05) is 44.2 Å². The molecular weight excluding hydrogens is 422 g/mol. The molecule has 0 aliphatic carbocycles. The number of nitro benzene ring substituents is 1. The number of benzene rings is 2. The van der Waals surface area contributed by atoms with E-state index in [0.29, 0.717) is 17.9 Å². The van der Waals surface area contributed by atoms with Gasteiger partial charge in [-0.15, -0.1) is 0 Å². The quantitative estimate of drug-likeness (QED) is 0.413. The Bertz CT molecular complexity index is 1090. The van der Waals surface area contributed by atoms with Gasteiger partial charge in [0.1, 0.15) is 24.3 Å². The van der Waals surface area contributed by atoms with Crippen LogP contribution in [0.4, 0.5) is 11.5 Å². The molecule has 1 unspecified atom stereocenters. The van der Waals surface area contributed by atoms with Crippen LogP contribution < -0.4 is 9.64 Å². The Morgan fingerprint density at radius 2 is 1.82 bits per heavy atom. The molecule has 1 fully saturated rings. The highest BCUT2D eigenvalue weighted by Gasteiger charge is 2.21. The molecule has 4 rings (SSSR count). The van der Waals surface area contributed by atoms with Crippen molar-refractivity contribution in [3.05, 3.63) is 76.5 Å². The van der Waals surface area contributed by atoms with Crippen LogP contribution >= 0.6 is 0 Å². The largest absolute Gasteiger partial charge is 0.491 e. The number of anilines is 1. The highest BCUT2D eigenvalue weighted by Crippen LogP contribution is 2.24. The Morgan fingerprint density at radius 3 is 2.55 bits per heavy atom. The van der Waals surface area contributed by atoms with E-state index in [0.717, 1.165) is 43.4 Å². The lowest BCUT2D eigenvalue weighted by Gasteiger charge is -2.36. The number of aliphatic hydroxyl groups is 1. The molecule has 0 amide bonds. The SMILES string of the molecule is Cc1cc(N2CCN(CC(O)COc3ccccc3)CC2)nc(-c2cccc([N+](=O)[O-])c2)n1. The van der Waals surface area contributed by atoms with Crippen LogP contribution in [-0.2, 0) is 0 Å². The van der Waals surface area contributed by atoms with Crippen LogP contribution in [0.1, 0.15) is 5.69 Å². The predicted octanol–water partition coefficient (Wildman–Crippen LogP) is 2.92. The number of nitrogens with zero attached hydrogens (tertiary/aromatic N) is 5. The first kappa shape index (κ1) is 22.6. The van der Waals surface area contributed by atoms with Gasteiger partial charge in [-0.1, -0.05) is 30.3 Å². The molecule has 172 valence electrons. The molecule has 2 aromatic carbocycles. The first-order valence-corrected chi connectivity index (χ1v) is 10.9. The maximum atomic E-state index is 11.1. The molecule has 9 nitrogen and oxygen atoms in total. The van der Waals surface area contributed by atoms with E-state index >= 15 is 0 Å². The molecule has 0 radical (unpaired) electrons. The van der Waals surface area contributed by atoms with Gasteiger partial charge in [0.25, 0.3) is 5.69 Å². The minimum atomic E-state index is -0.571. The number of piperazine rings is 1. The topological polar surface area (TPSA) is 105 Å². The van der Waals surface area contributed by atoms with Crippen LogP contribution in [0.2, 0.25) is 0 Å². The second kappa shape index (κ2) is 10.4. The van der Waals surface area contributed by atoms with Crippen molar-refractivity contribution in [1.29, 1.82) is 0 Å². The number of aromatic nitrogens is 2. The maximum absolute atomic E-state index is 11.1. The third-order valence-electron chi connectivity index (χ3n) is 5.51. The van der Waals surface area contributed by atoms with Gasteiger partial charge >= 0.3 is 0 Å². The van der Waals surface area contributed by atoms with Crippen molar-refractivity contribution in [1.82, 2.24) is 14.9 Å². The second-order valence-electron chi connectivity index (χ2n) is 8.06. The third kappa shape index (κ3) is 6.03. The summed E-state index contributed by atoms with van der Waals surface area (Å²) in [5, 5.41) is 21.5. The zero-order valence-corrected chi connectivity index (χ0v) is 18.5. The van der Waals surface area contributed by atoms with Crippen molar-refractivity contribution >= 4 is 11.5 Å². The minimum absolute atomic E-state index is 0.0163. The third-order valence-corrected chi connectivity index (χ3v) is 5.51. The van der Waals surface area contributed by atoms with Gasteiger partial charge in [-0.3, -0.25) is 15.0 Å². The summed E-state index contributed by atoms with van der Waals surface area (Å²) in [5.74, 6) is 2.03.